The lowest BCUT2D eigenvalue weighted by molar-refractivity contribution is 0.102. The summed E-state index contributed by atoms with van der Waals surface area (Å²) in [4.78, 5) is 37.6. The zero-order chi connectivity index (χ0) is 30.0. The van der Waals surface area contributed by atoms with Crippen LogP contribution >= 0.6 is 11.6 Å². The van der Waals surface area contributed by atoms with Gasteiger partial charge in [0.05, 0.1) is 12.1 Å². The molecule has 1 amide bonds. The number of carbonyl (C=O) groups is 1. The predicted octanol–water partition coefficient (Wildman–Crippen LogP) is 5.28. The molecule has 10 heteroatoms. The summed E-state index contributed by atoms with van der Waals surface area (Å²) in [6.45, 7) is 6.12. The molecule has 0 aliphatic carbocycles. The molecular weight excluding hydrogens is 547 g/mol. The van der Waals surface area contributed by atoms with Gasteiger partial charge in [0.15, 0.2) is 0 Å². The van der Waals surface area contributed by atoms with E-state index in [1.54, 1.807) is 18.2 Å². The molecule has 2 N–H and O–H groups in total. The highest BCUT2D eigenvalue weighted by molar-refractivity contribution is 6.36. The molecule has 0 bridgehead atoms. The van der Waals surface area contributed by atoms with Gasteiger partial charge in [-0.3, -0.25) is 14.2 Å². The number of rotatable bonds is 8. The summed E-state index contributed by atoms with van der Waals surface area (Å²) >= 11 is 6.93. The summed E-state index contributed by atoms with van der Waals surface area (Å²) < 4.78 is 22.8. The number of nitrogens with zero attached hydrogens (tertiary/aromatic N) is 2. The van der Waals surface area contributed by atoms with Gasteiger partial charge in [0.1, 0.15) is 17.1 Å². The van der Waals surface area contributed by atoms with Gasteiger partial charge in [-0.2, -0.15) is 0 Å². The van der Waals surface area contributed by atoms with Crippen LogP contribution in [-0.4, -0.2) is 28.2 Å². The highest BCUT2D eigenvalue weighted by Gasteiger charge is 2.19. The van der Waals surface area contributed by atoms with E-state index in [4.69, 9.17) is 16.3 Å². The summed E-state index contributed by atoms with van der Waals surface area (Å²) in [5, 5.41) is 6.40. The van der Waals surface area contributed by atoms with Crippen molar-refractivity contribution in [2.45, 2.75) is 33.4 Å². The van der Waals surface area contributed by atoms with Gasteiger partial charge in [-0.15, -0.1) is 0 Å². The minimum Gasteiger partial charge on any atom is -0.496 e. The molecule has 0 unspecified atom stereocenters. The molecule has 0 spiro atoms. The van der Waals surface area contributed by atoms with Crippen LogP contribution < -0.4 is 26.6 Å². The Labute approximate surface area is 242 Å². The lowest BCUT2D eigenvalue weighted by atomic mass is 9.94. The van der Waals surface area contributed by atoms with Gasteiger partial charge >= 0.3 is 5.69 Å². The van der Waals surface area contributed by atoms with E-state index >= 15 is 4.39 Å². The highest BCUT2D eigenvalue weighted by atomic mass is 35.5. The molecule has 1 aromatic heterocycles. The van der Waals surface area contributed by atoms with Crippen LogP contribution in [0.3, 0.4) is 0 Å². The number of ether oxygens (including phenoxy) is 1. The van der Waals surface area contributed by atoms with Crippen molar-refractivity contribution < 1.29 is 13.9 Å². The molecule has 0 radical (unpaired) electrons. The fraction of sp³-hybridized carbons (Fsp3) is 0.258. The third-order valence-electron chi connectivity index (χ3n) is 6.93. The Bertz CT molecular complexity index is 1760. The number of amides is 1. The summed E-state index contributed by atoms with van der Waals surface area (Å²) in [5.74, 6) is -0.629. The van der Waals surface area contributed by atoms with Crippen LogP contribution in [0.2, 0.25) is 5.02 Å². The lowest BCUT2D eigenvalue weighted by Gasteiger charge is -2.17. The number of carbonyl (C=O) groups excluding carboxylic acids is 1. The van der Waals surface area contributed by atoms with Crippen LogP contribution in [-0.2, 0) is 20.6 Å². The molecule has 0 aliphatic heterocycles. The quantitative estimate of drug-likeness (QED) is 0.297. The summed E-state index contributed by atoms with van der Waals surface area (Å²) in [7, 11) is 4.29. The third-order valence-corrected chi connectivity index (χ3v) is 7.34. The van der Waals surface area contributed by atoms with Gasteiger partial charge in [0.25, 0.3) is 11.5 Å². The maximum atomic E-state index is 15.2. The zero-order valence-electron chi connectivity index (χ0n) is 23.8. The number of halogens is 2. The van der Waals surface area contributed by atoms with Crippen molar-refractivity contribution in [1.82, 2.24) is 14.5 Å². The molecule has 8 nitrogen and oxygen atoms in total. The molecular formula is C31H32ClFN4O4. The molecule has 41 heavy (non-hydrogen) atoms. The Hall–Kier alpha value is -4.21. The van der Waals surface area contributed by atoms with E-state index in [1.165, 1.54) is 38.0 Å². The number of aromatic nitrogens is 2. The Balaban J connectivity index is 1.73. The second-order valence-corrected chi connectivity index (χ2v) is 10.5. The van der Waals surface area contributed by atoms with E-state index in [9.17, 15) is 14.4 Å². The van der Waals surface area contributed by atoms with Gasteiger partial charge in [-0.05, 0) is 41.8 Å². The van der Waals surface area contributed by atoms with E-state index in [-0.39, 0.29) is 11.6 Å². The van der Waals surface area contributed by atoms with Crippen LogP contribution in [0.5, 0.6) is 5.75 Å². The molecule has 0 fully saturated rings. The first kappa shape index (κ1) is 29.8. The number of anilines is 1. The van der Waals surface area contributed by atoms with Gasteiger partial charge in [0, 0.05) is 55.3 Å². The van der Waals surface area contributed by atoms with Gasteiger partial charge in [0.2, 0.25) is 0 Å². The Kier molecular flexibility index (Phi) is 8.80. The fourth-order valence-electron chi connectivity index (χ4n) is 4.61. The van der Waals surface area contributed by atoms with Gasteiger partial charge < -0.3 is 19.9 Å². The molecule has 4 rings (SSSR count). The first-order chi connectivity index (χ1) is 19.4. The standard InChI is InChI=1S/C31H32ClFN4O4/c1-17(2)34-15-23-25(33)13-19(14-27(23)41-6)21-10-7-11-22(28(21)32)20-9-8-12-26(18(20)3)35-29(38)24-16-36(4)31(40)37(5)30(24)39/h7-14,16-17,34H,15H2,1-6H3,(H,35,38). The van der Waals surface area contributed by atoms with Crippen LogP contribution in [0.1, 0.15) is 35.3 Å². The van der Waals surface area contributed by atoms with Crippen molar-refractivity contribution in [2.75, 3.05) is 12.4 Å². The molecule has 4 aromatic rings. The minimum absolute atomic E-state index is 0.164. The first-order valence-electron chi connectivity index (χ1n) is 13.0. The van der Waals surface area contributed by atoms with Crippen molar-refractivity contribution in [3.63, 3.8) is 0 Å². The van der Waals surface area contributed by atoms with Gasteiger partial charge in [-0.25, -0.2) is 9.18 Å². The lowest BCUT2D eigenvalue weighted by Crippen LogP contribution is -2.40. The molecule has 214 valence electrons. The van der Waals surface area contributed by atoms with Crippen molar-refractivity contribution in [1.29, 1.82) is 0 Å². The number of hydrogen-bond acceptors (Lipinski definition) is 5. The van der Waals surface area contributed by atoms with Crippen LogP contribution in [0.4, 0.5) is 10.1 Å². The summed E-state index contributed by atoms with van der Waals surface area (Å²) in [6, 6.07) is 14.2. The van der Waals surface area contributed by atoms with Crippen molar-refractivity contribution in [3.05, 3.63) is 103 Å². The Morgan fingerprint density at radius 1 is 1.05 bits per heavy atom. The first-order valence-corrected chi connectivity index (χ1v) is 13.4. The number of benzene rings is 3. The maximum Gasteiger partial charge on any atom is 0.330 e. The SMILES string of the molecule is COc1cc(-c2cccc(-c3cccc(NC(=O)c4cn(C)c(=O)n(C)c4=O)c3C)c2Cl)cc(F)c1CNC(C)C. The van der Waals surface area contributed by atoms with Crippen LogP contribution in [0.15, 0.2) is 64.3 Å². The van der Waals surface area contributed by atoms with E-state index in [0.29, 0.717) is 50.8 Å². The number of methoxy groups -OCH3 is 1. The number of hydrogen-bond donors (Lipinski definition) is 2. The highest BCUT2D eigenvalue weighted by Crippen LogP contribution is 2.40. The van der Waals surface area contributed by atoms with E-state index in [2.05, 4.69) is 10.6 Å². The zero-order valence-corrected chi connectivity index (χ0v) is 24.5. The molecule has 0 saturated carbocycles. The smallest absolute Gasteiger partial charge is 0.330 e. The normalized spacial score (nSPS) is 11.1. The van der Waals surface area contributed by atoms with Crippen molar-refractivity contribution in [2.24, 2.45) is 14.1 Å². The monoisotopic (exact) mass is 578 g/mol. The fourth-order valence-corrected chi connectivity index (χ4v) is 4.94. The van der Waals surface area contributed by atoms with Crippen LogP contribution in [0.25, 0.3) is 22.3 Å². The molecule has 1 heterocycles. The summed E-state index contributed by atoms with van der Waals surface area (Å²) in [6.07, 6.45) is 1.22. The predicted molar refractivity (Wildman–Crippen MR) is 160 cm³/mol. The molecule has 0 atom stereocenters. The van der Waals surface area contributed by atoms with Crippen molar-refractivity contribution in [3.8, 4) is 28.0 Å². The molecule has 0 saturated heterocycles. The number of aryl methyl sites for hydroxylation is 1. The number of nitrogens with one attached hydrogen (secondary N) is 2. The Morgan fingerprint density at radius 3 is 2.39 bits per heavy atom. The molecule has 3 aromatic carbocycles. The van der Waals surface area contributed by atoms with E-state index in [1.807, 2.05) is 45.0 Å². The average molecular weight is 579 g/mol. The summed E-state index contributed by atoms with van der Waals surface area (Å²) in [5.41, 5.74) is 2.84. The van der Waals surface area contributed by atoms with E-state index in [0.717, 1.165) is 10.1 Å². The second-order valence-electron chi connectivity index (χ2n) is 10.1. The molecule has 0 aliphatic rings. The third kappa shape index (κ3) is 5.96. The van der Waals surface area contributed by atoms with Gasteiger partial charge in [-0.1, -0.05) is 55.8 Å². The van der Waals surface area contributed by atoms with Crippen molar-refractivity contribution >= 4 is 23.2 Å². The largest absolute Gasteiger partial charge is 0.496 e. The second kappa shape index (κ2) is 12.1. The average Bonchev–Trinajstić information content (AvgIpc) is 2.94. The van der Waals surface area contributed by atoms with Crippen LogP contribution in [0, 0.1) is 12.7 Å². The Morgan fingerprint density at radius 2 is 1.71 bits per heavy atom. The van der Waals surface area contributed by atoms with E-state index < -0.39 is 23.0 Å². The maximum absolute atomic E-state index is 15.2. The minimum atomic E-state index is -0.691. The topological polar surface area (TPSA) is 94.4 Å².